The lowest BCUT2D eigenvalue weighted by Gasteiger charge is -2.27. The molecule has 0 heterocycles. The van der Waals surface area contributed by atoms with E-state index < -0.39 is 0 Å². The van der Waals surface area contributed by atoms with Crippen LogP contribution >= 0.6 is 0 Å². The smallest absolute Gasteiger partial charge is 0.306 e. The summed E-state index contributed by atoms with van der Waals surface area (Å²) < 4.78 is 10.7. The Morgan fingerprint density at radius 3 is 2.06 bits per heavy atom. The van der Waals surface area contributed by atoms with Gasteiger partial charge in [0.1, 0.15) is 12.2 Å². The maximum atomic E-state index is 11.9. The second-order valence-electron chi connectivity index (χ2n) is 11.0. The third kappa shape index (κ3) is 12.3. The maximum absolute atomic E-state index is 11.9. The molecule has 4 nitrogen and oxygen atoms in total. The molecule has 0 unspecified atom stereocenters. The minimum absolute atomic E-state index is 0.0237. The van der Waals surface area contributed by atoms with Gasteiger partial charge in [-0.25, -0.2) is 0 Å². The van der Waals surface area contributed by atoms with Crippen LogP contribution in [0.1, 0.15) is 110 Å². The SMILES string of the molecule is CC(C)(C)OC(=O)CC1CCCCC1.CC[C@H]1CCC[C@@H](CC(=O)OCc2ccccc2)C1. The highest BCUT2D eigenvalue weighted by Crippen LogP contribution is 2.33. The first-order chi connectivity index (χ1) is 15.7. The normalized spacial score (nSPS) is 21.5. The Hall–Kier alpha value is -1.84. The summed E-state index contributed by atoms with van der Waals surface area (Å²) in [7, 11) is 0. The average molecular weight is 459 g/mol. The van der Waals surface area contributed by atoms with Crippen molar-refractivity contribution in [2.24, 2.45) is 17.8 Å². The van der Waals surface area contributed by atoms with Crippen LogP contribution in [0.4, 0.5) is 0 Å². The Bertz CT molecular complexity index is 685. The highest BCUT2D eigenvalue weighted by molar-refractivity contribution is 5.70. The zero-order chi connectivity index (χ0) is 24.1. The van der Waals surface area contributed by atoms with Gasteiger partial charge in [-0.15, -0.1) is 0 Å². The van der Waals surface area contributed by atoms with Crippen molar-refractivity contribution in [1.82, 2.24) is 0 Å². The molecule has 0 bridgehead atoms. The van der Waals surface area contributed by atoms with Crippen LogP contribution in [0.5, 0.6) is 0 Å². The Labute approximate surface area is 201 Å². The quantitative estimate of drug-likeness (QED) is 0.394. The van der Waals surface area contributed by atoms with Crippen molar-refractivity contribution >= 4 is 11.9 Å². The van der Waals surface area contributed by atoms with Crippen LogP contribution in [0.2, 0.25) is 0 Å². The van der Waals surface area contributed by atoms with E-state index in [2.05, 4.69) is 6.92 Å². The Morgan fingerprint density at radius 2 is 1.42 bits per heavy atom. The Balaban J connectivity index is 0.000000245. The van der Waals surface area contributed by atoms with E-state index in [1.54, 1.807) is 0 Å². The van der Waals surface area contributed by atoms with Gasteiger partial charge in [-0.2, -0.15) is 0 Å². The van der Waals surface area contributed by atoms with E-state index in [0.717, 1.165) is 11.5 Å². The van der Waals surface area contributed by atoms with Gasteiger partial charge in [0.2, 0.25) is 0 Å². The molecule has 4 heteroatoms. The summed E-state index contributed by atoms with van der Waals surface area (Å²) >= 11 is 0. The molecule has 0 aromatic heterocycles. The van der Waals surface area contributed by atoms with Crippen molar-refractivity contribution in [3.63, 3.8) is 0 Å². The molecular formula is C29H46O4. The van der Waals surface area contributed by atoms with Gasteiger partial charge < -0.3 is 9.47 Å². The van der Waals surface area contributed by atoms with Crippen molar-refractivity contribution in [2.45, 2.75) is 117 Å². The first-order valence-electron chi connectivity index (χ1n) is 13.2. The van der Waals surface area contributed by atoms with Gasteiger partial charge >= 0.3 is 11.9 Å². The fraction of sp³-hybridized carbons (Fsp3) is 0.724. The molecule has 0 radical (unpaired) electrons. The zero-order valence-corrected chi connectivity index (χ0v) is 21.4. The summed E-state index contributed by atoms with van der Waals surface area (Å²) in [5, 5.41) is 0. The summed E-state index contributed by atoms with van der Waals surface area (Å²) in [4.78, 5) is 23.4. The van der Waals surface area contributed by atoms with E-state index >= 15 is 0 Å². The van der Waals surface area contributed by atoms with E-state index in [1.807, 2.05) is 51.1 Å². The summed E-state index contributed by atoms with van der Waals surface area (Å²) in [5.74, 6) is 1.89. The topological polar surface area (TPSA) is 52.6 Å². The Kier molecular flexibility index (Phi) is 12.0. The van der Waals surface area contributed by atoms with Crippen LogP contribution < -0.4 is 0 Å². The van der Waals surface area contributed by atoms with Crippen LogP contribution in [0, 0.1) is 17.8 Å². The van der Waals surface area contributed by atoms with Crippen LogP contribution in [-0.2, 0) is 25.7 Å². The van der Waals surface area contributed by atoms with E-state index in [9.17, 15) is 9.59 Å². The van der Waals surface area contributed by atoms with Crippen LogP contribution in [0.25, 0.3) is 0 Å². The van der Waals surface area contributed by atoms with Gasteiger partial charge in [0, 0.05) is 12.8 Å². The zero-order valence-electron chi connectivity index (χ0n) is 21.4. The number of carbonyl (C=O) groups is 2. The minimum atomic E-state index is -0.328. The molecule has 2 aliphatic carbocycles. The molecular weight excluding hydrogens is 412 g/mol. The lowest BCUT2D eigenvalue weighted by Crippen LogP contribution is -2.25. The van der Waals surface area contributed by atoms with Crippen LogP contribution in [0.15, 0.2) is 30.3 Å². The van der Waals surface area contributed by atoms with Crippen molar-refractivity contribution in [3.05, 3.63) is 35.9 Å². The molecule has 0 spiro atoms. The number of carbonyl (C=O) groups excluding carboxylic acids is 2. The number of esters is 2. The van der Waals surface area contributed by atoms with Gasteiger partial charge in [0.15, 0.2) is 0 Å². The van der Waals surface area contributed by atoms with Crippen molar-refractivity contribution < 1.29 is 19.1 Å². The standard InChI is InChI=1S/C17H24O2.C12H22O2/c1-2-14-9-6-10-16(11-14)12-17(18)19-13-15-7-4-3-5-8-15;1-12(2,3)14-11(13)9-10-7-5-4-6-8-10/h3-5,7-8,14,16H,2,6,9-13H2,1H3;10H,4-9H2,1-3H3/t14-,16+;/m0./s1. The molecule has 186 valence electrons. The molecule has 3 rings (SSSR count). The highest BCUT2D eigenvalue weighted by Gasteiger charge is 2.23. The summed E-state index contributed by atoms with van der Waals surface area (Å²) in [6.07, 6.45) is 13.8. The van der Waals surface area contributed by atoms with Crippen molar-refractivity contribution in [2.75, 3.05) is 0 Å². The summed E-state index contributed by atoms with van der Waals surface area (Å²) in [6.45, 7) is 8.42. The number of benzene rings is 1. The molecule has 2 aliphatic rings. The fourth-order valence-corrected chi connectivity index (χ4v) is 5.00. The molecule has 1 aromatic rings. The first kappa shape index (κ1) is 27.4. The van der Waals surface area contributed by atoms with Gasteiger partial charge in [0.05, 0.1) is 0 Å². The highest BCUT2D eigenvalue weighted by atomic mass is 16.6. The summed E-state index contributed by atoms with van der Waals surface area (Å²) in [5.41, 5.74) is 0.733. The van der Waals surface area contributed by atoms with E-state index in [4.69, 9.17) is 9.47 Å². The largest absolute Gasteiger partial charge is 0.461 e. The van der Waals surface area contributed by atoms with E-state index in [1.165, 1.54) is 64.2 Å². The second-order valence-corrected chi connectivity index (χ2v) is 11.0. The predicted octanol–water partition coefficient (Wildman–Crippen LogP) is 7.63. The lowest BCUT2D eigenvalue weighted by atomic mass is 9.79. The van der Waals surface area contributed by atoms with Gasteiger partial charge in [-0.1, -0.05) is 75.8 Å². The predicted molar refractivity (Wildman–Crippen MR) is 134 cm³/mol. The maximum Gasteiger partial charge on any atom is 0.306 e. The molecule has 33 heavy (non-hydrogen) atoms. The fourth-order valence-electron chi connectivity index (χ4n) is 5.00. The third-order valence-electron chi connectivity index (χ3n) is 6.77. The van der Waals surface area contributed by atoms with Crippen molar-refractivity contribution in [3.8, 4) is 0 Å². The molecule has 2 saturated carbocycles. The van der Waals surface area contributed by atoms with E-state index in [-0.39, 0.29) is 17.5 Å². The lowest BCUT2D eigenvalue weighted by molar-refractivity contribution is -0.156. The van der Waals surface area contributed by atoms with Gasteiger partial charge in [-0.3, -0.25) is 9.59 Å². The number of hydrogen-bond acceptors (Lipinski definition) is 4. The molecule has 0 N–H and O–H groups in total. The molecule has 2 atom stereocenters. The summed E-state index contributed by atoms with van der Waals surface area (Å²) in [6, 6.07) is 9.88. The molecule has 1 aromatic carbocycles. The number of ether oxygens (including phenoxy) is 2. The minimum Gasteiger partial charge on any atom is -0.461 e. The third-order valence-corrected chi connectivity index (χ3v) is 6.77. The number of hydrogen-bond donors (Lipinski definition) is 0. The number of rotatable bonds is 7. The van der Waals surface area contributed by atoms with Gasteiger partial charge in [-0.05, 0) is 69.8 Å². The first-order valence-corrected chi connectivity index (χ1v) is 13.2. The molecule has 0 amide bonds. The monoisotopic (exact) mass is 458 g/mol. The second kappa shape index (κ2) is 14.4. The van der Waals surface area contributed by atoms with Gasteiger partial charge in [0.25, 0.3) is 0 Å². The van der Waals surface area contributed by atoms with Crippen molar-refractivity contribution in [1.29, 1.82) is 0 Å². The molecule has 0 saturated heterocycles. The Morgan fingerprint density at radius 1 is 0.818 bits per heavy atom. The van der Waals surface area contributed by atoms with Crippen LogP contribution in [0.3, 0.4) is 0 Å². The average Bonchev–Trinajstić information content (AvgIpc) is 2.78. The molecule has 2 fully saturated rings. The van der Waals surface area contributed by atoms with E-state index in [0.29, 0.717) is 31.3 Å². The van der Waals surface area contributed by atoms with Crippen LogP contribution in [-0.4, -0.2) is 17.5 Å². The molecule has 0 aliphatic heterocycles.